The molecule has 1 fully saturated rings. The maximum Gasteiger partial charge on any atom is 0.445 e. The molecule has 0 radical (unpaired) electrons. The van der Waals surface area contributed by atoms with Crippen LogP contribution in [0.3, 0.4) is 0 Å². The van der Waals surface area contributed by atoms with Crippen LogP contribution in [-0.2, 0) is 6.18 Å². The lowest BCUT2D eigenvalue weighted by Crippen LogP contribution is -2.36. The first kappa shape index (κ1) is 13.5. The number of aliphatic hydroxyl groups is 1. The van der Waals surface area contributed by atoms with Gasteiger partial charge in [-0.2, -0.15) is 13.2 Å². The standard InChI is InChI=1S/C10H14F3N3OS/c1-9(5-17)4-2-3-6(9)14-8-16-15-7(18-8)10(11,12)13/h6,17H,2-5H2,1H3,(H,14,16). The lowest BCUT2D eigenvalue weighted by Gasteiger charge is -2.29. The van der Waals surface area contributed by atoms with E-state index in [0.717, 1.165) is 19.3 Å². The Kier molecular flexibility index (Phi) is 3.50. The van der Waals surface area contributed by atoms with E-state index in [1.54, 1.807) is 0 Å². The van der Waals surface area contributed by atoms with Gasteiger partial charge in [0.2, 0.25) is 10.1 Å². The van der Waals surface area contributed by atoms with E-state index in [4.69, 9.17) is 0 Å². The van der Waals surface area contributed by atoms with Gasteiger partial charge in [-0.25, -0.2) is 0 Å². The van der Waals surface area contributed by atoms with Crippen LogP contribution in [0.5, 0.6) is 0 Å². The first-order chi connectivity index (χ1) is 8.35. The van der Waals surface area contributed by atoms with Crippen molar-refractivity contribution in [2.24, 2.45) is 5.41 Å². The third kappa shape index (κ3) is 2.59. The molecule has 1 aliphatic carbocycles. The zero-order valence-corrected chi connectivity index (χ0v) is 10.6. The third-order valence-corrected chi connectivity index (χ3v) is 4.31. The van der Waals surface area contributed by atoms with Gasteiger partial charge in [-0.1, -0.05) is 24.7 Å². The van der Waals surface area contributed by atoms with Crippen LogP contribution in [0.15, 0.2) is 0 Å². The monoisotopic (exact) mass is 281 g/mol. The molecule has 0 amide bonds. The predicted octanol–water partition coefficient (Wildman–Crippen LogP) is 2.52. The van der Waals surface area contributed by atoms with Gasteiger partial charge in [0.1, 0.15) is 0 Å². The smallest absolute Gasteiger partial charge is 0.396 e. The minimum Gasteiger partial charge on any atom is -0.396 e. The molecule has 0 bridgehead atoms. The highest BCUT2D eigenvalue weighted by Gasteiger charge is 2.40. The Bertz CT molecular complexity index is 423. The summed E-state index contributed by atoms with van der Waals surface area (Å²) in [6, 6.07) is -0.0588. The summed E-state index contributed by atoms with van der Waals surface area (Å²) < 4.78 is 37.1. The van der Waals surface area contributed by atoms with Gasteiger partial charge >= 0.3 is 6.18 Å². The fraction of sp³-hybridized carbons (Fsp3) is 0.800. The molecule has 2 unspecified atom stereocenters. The van der Waals surface area contributed by atoms with Gasteiger partial charge in [0.15, 0.2) is 0 Å². The van der Waals surface area contributed by atoms with Crippen LogP contribution >= 0.6 is 11.3 Å². The molecule has 0 aliphatic heterocycles. The zero-order valence-electron chi connectivity index (χ0n) is 9.79. The highest BCUT2D eigenvalue weighted by Crippen LogP contribution is 2.40. The van der Waals surface area contributed by atoms with Gasteiger partial charge in [0.25, 0.3) is 0 Å². The molecule has 2 rings (SSSR count). The van der Waals surface area contributed by atoms with Gasteiger partial charge in [0.05, 0.1) is 6.61 Å². The molecular formula is C10H14F3N3OS. The van der Waals surface area contributed by atoms with Crippen LogP contribution in [0.1, 0.15) is 31.2 Å². The number of hydrogen-bond donors (Lipinski definition) is 2. The number of hydrogen-bond acceptors (Lipinski definition) is 5. The minimum absolute atomic E-state index is 0.00952. The molecule has 1 heterocycles. The number of nitrogens with one attached hydrogen (secondary N) is 1. The second-order valence-electron chi connectivity index (χ2n) is 4.81. The molecular weight excluding hydrogens is 267 g/mol. The normalized spacial score (nSPS) is 28.6. The lowest BCUT2D eigenvalue weighted by atomic mass is 9.86. The SMILES string of the molecule is CC1(CO)CCCC1Nc1nnc(C(F)(F)F)s1. The van der Waals surface area contributed by atoms with Gasteiger partial charge in [-0.05, 0) is 12.8 Å². The van der Waals surface area contributed by atoms with Gasteiger partial charge in [-0.15, -0.1) is 10.2 Å². The first-order valence-electron chi connectivity index (χ1n) is 5.63. The molecule has 1 aromatic rings. The van der Waals surface area contributed by atoms with E-state index in [9.17, 15) is 18.3 Å². The number of aliphatic hydroxyl groups excluding tert-OH is 1. The molecule has 1 aliphatic rings. The lowest BCUT2D eigenvalue weighted by molar-refractivity contribution is -0.138. The van der Waals surface area contributed by atoms with Crippen molar-refractivity contribution < 1.29 is 18.3 Å². The quantitative estimate of drug-likeness (QED) is 0.894. The summed E-state index contributed by atoms with van der Waals surface area (Å²) in [7, 11) is 0. The third-order valence-electron chi connectivity index (χ3n) is 3.41. The molecule has 0 saturated heterocycles. The second kappa shape index (κ2) is 4.65. The Balaban J connectivity index is 2.08. The van der Waals surface area contributed by atoms with Crippen LogP contribution in [0, 0.1) is 5.41 Å². The summed E-state index contributed by atoms with van der Waals surface area (Å²) in [5, 5.41) is 18.1. The Morgan fingerprint density at radius 3 is 2.78 bits per heavy atom. The average Bonchev–Trinajstić information content (AvgIpc) is 2.87. The Hall–Kier alpha value is -0.890. The Morgan fingerprint density at radius 2 is 2.22 bits per heavy atom. The average molecular weight is 281 g/mol. The number of anilines is 1. The van der Waals surface area contributed by atoms with Crippen molar-refractivity contribution in [2.45, 2.75) is 38.4 Å². The number of halogens is 3. The van der Waals surface area contributed by atoms with E-state index in [-0.39, 0.29) is 23.2 Å². The Morgan fingerprint density at radius 1 is 1.50 bits per heavy atom. The highest BCUT2D eigenvalue weighted by atomic mass is 32.1. The van der Waals surface area contributed by atoms with E-state index in [0.29, 0.717) is 11.3 Å². The summed E-state index contributed by atoms with van der Waals surface area (Å²) in [5.41, 5.74) is -0.302. The topological polar surface area (TPSA) is 58.0 Å². The molecule has 102 valence electrons. The van der Waals surface area contributed by atoms with Crippen LogP contribution in [0.2, 0.25) is 0 Å². The summed E-state index contributed by atoms with van der Waals surface area (Å²) in [5.74, 6) is 0. The molecule has 8 heteroatoms. The molecule has 0 spiro atoms. The number of alkyl halides is 3. The summed E-state index contributed by atoms with van der Waals surface area (Å²) in [6.07, 6.45) is -1.84. The fourth-order valence-electron chi connectivity index (χ4n) is 2.21. The van der Waals surface area contributed by atoms with Gasteiger partial charge in [-0.3, -0.25) is 0 Å². The van der Waals surface area contributed by atoms with E-state index < -0.39 is 11.2 Å². The fourth-order valence-corrected chi connectivity index (χ4v) is 2.88. The zero-order chi connectivity index (χ0) is 13.4. The van der Waals surface area contributed by atoms with Crippen molar-refractivity contribution in [3.8, 4) is 0 Å². The minimum atomic E-state index is -4.45. The van der Waals surface area contributed by atoms with Crippen LogP contribution in [-0.4, -0.2) is 28.0 Å². The Labute approximate surface area is 106 Å². The number of aromatic nitrogens is 2. The van der Waals surface area contributed by atoms with Crippen LogP contribution < -0.4 is 5.32 Å². The second-order valence-corrected chi connectivity index (χ2v) is 5.79. The highest BCUT2D eigenvalue weighted by molar-refractivity contribution is 7.15. The van der Waals surface area contributed by atoms with Crippen molar-refractivity contribution in [1.82, 2.24) is 10.2 Å². The van der Waals surface area contributed by atoms with Crippen molar-refractivity contribution in [3.05, 3.63) is 5.01 Å². The number of nitrogens with zero attached hydrogens (tertiary/aromatic N) is 2. The molecule has 1 saturated carbocycles. The first-order valence-corrected chi connectivity index (χ1v) is 6.45. The molecule has 1 aromatic heterocycles. The van der Waals surface area contributed by atoms with E-state index in [2.05, 4.69) is 15.5 Å². The van der Waals surface area contributed by atoms with E-state index in [1.165, 1.54) is 0 Å². The van der Waals surface area contributed by atoms with Crippen molar-refractivity contribution in [2.75, 3.05) is 11.9 Å². The summed E-state index contributed by atoms with van der Waals surface area (Å²) >= 11 is 0.498. The summed E-state index contributed by atoms with van der Waals surface area (Å²) in [4.78, 5) is 0. The van der Waals surface area contributed by atoms with Crippen LogP contribution in [0.4, 0.5) is 18.3 Å². The van der Waals surface area contributed by atoms with Gasteiger partial charge < -0.3 is 10.4 Å². The van der Waals surface area contributed by atoms with Crippen LogP contribution in [0.25, 0.3) is 0 Å². The van der Waals surface area contributed by atoms with Crippen molar-refractivity contribution in [1.29, 1.82) is 0 Å². The number of rotatable bonds is 3. The largest absolute Gasteiger partial charge is 0.445 e. The van der Waals surface area contributed by atoms with E-state index >= 15 is 0 Å². The van der Waals surface area contributed by atoms with Crippen molar-refractivity contribution >= 4 is 16.5 Å². The maximum atomic E-state index is 12.4. The molecule has 0 aromatic carbocycles. The predicted molar refractivity (Wildman–Crippen MR) is 61.4 cm³/mol. The molecule has 2 atom stereocenters. The summed E-state index contributed by atoms with van der Waals surface area (Å²) in [6.45, 7) is 1.93. The molecule has 18 heavy (non-hydrogen) atoms. The maximum absolute atomic E-state index is 12.4. The van der Waals surface area contributed by atoms with Crippen molar-refractivity contribution in [3.63, 3.8) is 0 Å². The van der Waals surface area contributed by atoms with E-state index in [1.807, 2.05) is 6.92 Å². The van der Waals surface area contributed by atoms with Gasteiger partial charge in [0, 0.05) is 11.5 Å². The molecule has 4 nitrogen and oxygen atoms in total. The molecule has 2 N–H and O–H groups in total.